The van der Waals surface area contributed by atoms with Crippen LogP contribution in [0.15, 0.2) is 36.7 Å². The van der Waals surface area contributed by atoms with E-state index in [-0.39, 0.29) is 5.91 Å². The molecule has 152 valence electrons. The number of carbonyl (C=O) groups excluding carboxylic acids is 1. The third-order valence-corrected chi connectivity index (χ3v) is 5.77. The van der Waals surface area contributed by atoms with E-state index in [1.807, 2.05) is 41.1 Å². The molecular formula is C21H22ClN3O3S. The first-order valence-corrected chi connectivity index (χ1v) is 11.0. The lowest BCUT2D eigenvalue weighted by Crippen LogP contribution is -2.27. The first-order valence-electron chi connectivity index (χ1n) is 9.45. The molecule has 0 spiro atoms. The number of nitrogens with zero attached hydrogens (tertiary/aromatic N) is 2. The first kappa shape index (κ1) is 19.9. The molecule has 3 heterocycles. The number of fused-ring (bicyclic) bond motifs is 2. The average molecular weight is 432 g/mol. The van der Waals surface area contributed by atoms with Crippen LogP contribution in [0.25, 0.3) is 5.65 Å². The third kappa shape index (κ3) is 4.97. The van der Waals surface area contributed by atoms with Gasteiger partial charge in [0.1, 0.15) is 18.9 Å². The largest absolute Gasteiger partial charge is 0.486 e. The summed E-state index contributed by atoms with van der Waals surface area (Å²) in [5.74, 6) is 2.38. The highest BCUT2D eigenvalue weighted by Crippen LogP contribution is 2.38. The Kier molecular flexibility index (Phi) is 6.16. The molecule has 0 aliphatic carbocycles. The van der Waals surface area contributed by atoms with E-state index in [4.69, 9.17) is 21.1 Å². The number of carbonyl (C=O) groups is 1. The van der Waals surface area contributed by atoms with Gasteiger partial charge >= 0.3 is 0 Å². The number of hydrogen-bond acceptors (Lipinski definition) is 5. The Morgan fingerprint density at radius 1 is 1.28 bits per heavy atom. The minimum absolute atomic E-state index is 0.0123. The zero-order chi connectivity index (χ0) is 20.2. The highest BCUT2D eigenvalue weighted by atomic mass is 35.5. The summed E-state index contributed by atoms with van der Waals surface area (Å²) >= 11 is 7.81. The Labute approximate surface area is 178 Å². The number of aryl methyl sites for hydroxylation is 1. The molecule has 29 heavy (non-hydrogen) atoms. The van der Waals surface area contributed by atoms with E-state index >= 15 is 0 Å². The number of benzene rings is 1. The van der Waals surface area contributed by atoms with Gasteiger partial charge < -0.3 is 19.2 Å². The smallest absolute Gasteiger partial charge is 0.230 e. The van der Waals surface area contributed by atoms with Crippen LogP contribution in [0.1, 0.15) is 16.8 Å². The molecule has 8 heteroatoms. The van der Waals surface area contributed by atoms with Crippen molar-refractivity contribution in [2.75, 3.05) is 25.5 Å². The van der Waals surface area contributed by atoms with Crippen molar-refractivity contribution in [1.29, 1.82) is 0 Å². The summed E-state index contributed by atoms with van der Waals surface area (Å²) in [5, 5.41) is 3.49. The number of hydrogen-bond donors (Lipinski definition) is 1. The molecule has 0 atom stereocenters. The summed E-state index contributed by atoms with van der Waals surface area (Å²) < 4.78 is 13.1. The number of pyridine rings is 1. The zero-order valence-electron chi connectivity index (χ0n) is 16.1. The van der Waals surface area contributed by atoms with E-state index in [2.05, 4.69) is 17.2 Å². The van der Waals surface area contributed by atoms with Crippen molar-refractivity contribution in [2.24, 2.45) is 0 Å². The van der Waals surface area contributed by atoms with Crippen LogP contribution in [0, 0.1) is 6.92 Å². The van der Waals surface area contributed by atoms with Crippen molar-refractivity contribution in [1.82, 2.24) is 14.7 Å². The van der Waals surface area contributed by atoms with Gasteiger partial charge in [-0.2, -0.15) is 0 Å². The topological polar surface area (TPSA) is 64.9 Å². The second-order valence-electron chi connectivity index (χ2n) is 6.90. The molecule has 3 aromatic rings. The van der Waals surface area contributed by atoms with Gasteiger partial charge in [-0.3, -0.25) is 4.79 Å². The Morgan fingerprint density at radius 3 is 3.03 bits per heavy atom. The van der Waals surface area contributed by atoms with Crippen molar-refractivity contribution >= 4 is 34.9 Å². The fourth-order valence-corrected chi connectivity index (χ4v) is 4.20. The molecule has 0 radical (unpaired) electrons. The van der Waals surface area contributed by atoms with Gasteiger partial charge in [0, 0.05) is 24.7 Å². The molecule has 1 aromatic carbocycles. The number of rotatable bonds is 7. The molecule has 0 saturated carbocycles. The number of ether oxygens (including phenoxy) is 2. The van der Waals surface area contributed by atoms with E-state index in [0.717, 1.165) is 16.9 Å². The fraction of sp³-hybridized carbons (Fsp3) is 0.333. The second kappa shape index (κ2) is 8.97. The van der Waals surface area contributed by atoms with Gasteiger partial charge in [0.2, 0.25) is 5.91 Å². The summed E-state index contributed by atoms with van der Waals surface area (Å²) in [6.07, 6.45) is 4.74. The van der Waals surface area contributed by atoms with Crippen LogP contribution in [-0.2, 0) is 17.0 Å². The summed E-state index contributed by atoms with van der Waals surface area (Å²) in [6.45, 7) is 3.63. The van der Waals surface area contributed by atoms with E-state index in [1.165, 1.54) is 5.56 Å². The van der Waals surface area contributed by atoms with Crippen LogP contribution in [-0.4, -0.2) is 40.8 Å². The Bertz CT molecular complexity index is 1040. The summed E-state index contributed by atoms with van der Waals surface area (Å²) in [5.41, 5.74) is 4.09. The lowest BCUT2D eigenvalue weighted by atomic mass is 10.1. The van der Waals surface area contributed by atoms with E-state index in [0.29, 0.717) is 54.2 Å². The maximum atomic E-state index is 12.1. The van der Waals surface area contributed by atoms with E-state index < -0.39 is 0 Å². The standard InChI is InChI=1S/C21H22ClN3O3S/c1-14-2-3-19-24-16(11-25(19)10-14)12-29-13-20(26)23-5-4-15-8-17(22)21-18(9-15)27-6-7-28-21/h2-3,8-11H,4-7,12-13H2,1H3,(H,23,26). The number of halogens is 1. The molecule has 1 aliphatic rings. The van der Waals surface area contributed by atoms with Crippen molar-refractivity contribution in [3.05, 3.63) is 58.5 Å². The monoisotopic (exact) mass is 431 g/mol. The number of amides is 1. The lowest BCUT2D eigenvalue weighted by Gasteiger charge is -2.20. The number of imidazole rings is 1. The molecule has 2 aromatic heterocycles. The highest BCUT2D eigenvalue weighted by Gasteiger charge is 2.16. The molecule has 0 bridgehead atoms. The normalized spacial score (nSPS) is 12.9. The van der Waals surface area contributed by atoms with Crippen molar-refractivity contribution in [3.8, 4) is 11.5 Å². The molecule has 0 unspecified atom stereocenters. The highest BCUT2D eigenvalue weighted by molar-refractivity contribution is 7.99. The third-order valence-electron chi connectivity index (χ3n) is 4.52. The molecule has 0 fully saturated rings. The predicted molar refractivity (Wildman–Crippen MR) is 115 cm³/mol. The van der Waals surface area contributed by atoms with E-state index in [9.17, 15) is 4.79 Å². The predicted octanol–water partition coefficient (Wildman–Crippen LogP) is 3.66. The number of aromatic nitrogens is 2. The first-order chi connectivity index (χ1) is 14.1. The van der Waals surface area contributed by atoms with E-state index in [1.54, 1.807) is 11.8 Å². The van der Waals surface area contributed by atoms with Gasteiger partial charge in [0.05, 0.1) is 16.5 Å². The average Bonchev–Trinajstić information content (AvgIpc) is 3.10. The SMILES string of the molecule is Cc1ccc2nc(CSCC(=O)NCCc3cc(Cl)c4c(c3)OCCO4)cn2c1. The van der Waals surface area contributed by atoms with Crippen molar-refractivity contribution < 1.29 is 14.3 Å². The molecular weight excluding hydrogens is 410 g/mol. The molecule has 1 amide bonds. The maximum absolute atomic E-state index is 12.1. The van der Waals surface area contributed by atoms with Crippen LogP contribution in [0.5, 0.6) is 11.5 Å². The van der Waals surface area contributed by atoms with Crippen molar-refractivity contribution in [2.45, 2.75) is 19.1 Å². The molecule has 4 rings (SSSR count). The van der Waals surface area contributed by atoms with Crippen LogP contribution < -0.4 is 14.8 Å². The van der Waals surface area contributed by atoms with Gasteiger partial charge in [0.25, 0.3) is 0 Å². The molecule has 1 aliphatic heterocycles. The fourth-order valence-electron chi connectivity index (χ4n) is 3.18. The Morgan fingerprint density at radius 2 is 2.14 bits per heavy atom. The minimum Gasteiger partial charge on any atom is -0.486 e. The number of nitrogens with one attached hydrogen (secondary N) is 1. The van der Waals surface area contributed by atoms with Gasteiger partial charge in [-0.15, -0.1) is 11.8 Å². The van der Waals surface area contributed by atoms with Crippen LogP contribution in [0.2, 0.25) is 5.02 Å². The quantitative estimate of drug-likeness (QED) is 0.618. The van der Waals surface area contributed by atoms with Gasteiger partial charge in [-0.1, -0.05) is 17.7 Å². The molecule has 1 N–H and O–H groups in total. The molecule has 0 saturated heterocycles. The zero-order valence-corrected chi connectivity index (χ0v) is 17.7. The molecule has 6 nitrogen and oxygen atoms in total. The van der Waals surface area contributed by atoms with Gasteiger partial charge in [0.15, 0.2) is 11.5 Å². The van der Waals surface area contributed by atoms with Crippen molar-refractivity contribution in [3.63, 3.8) is 0 Å². The minimum atomic E-state index is 0.0123. The summed E-state index contributed by atoms with van der Waals surface area (Å²) in [6, 6.07) is 7.83. The summed E-state index contributed by atoms with van der Waals surface area (Å²) in [7, 11) is 0. The lowest BCUT2D eigenvalue weighted by molar-refractivity contribution is -0.118. The van der Waals surface area contributed by atoms with Crippen LogP contribution in [0.4, 0.5) is 0 Å². The van der Waals surface area contributed by atoms with Gasteiger partial charge in [-0.05, 0) is 42.7 Å². The van der Waals surface area contributed by atoms with Crippen LogP contribution in [0.3, 0.4) is 0 Å². The van der Waals surface area contributed by atoms with Crippen LogP contribution >= 0.6 is 23.4 Å². The summed E-state index contributed by atoms with van der Waals surface area (Å²) in [4.78, 5) is 16.7. The Hall–Kier alpha value is -2.38. The second-order valence-corrected chi connectivity index (χ2v) is 8.29. The maximum Gasteiger partial charge on any atom is 0.230 e. The Balaban J connectivity index is 1.21. The van der Waals surface area contributed by atoms with Gasteiger partial charge in [-0.25, -0.2) is 4.98 Å². The number of thioether (sulfide) groups is 1.